The van der Waals surface area contributed by atoms with E-state index in [1.807, 2.05) is 67.5 Å². The lowest BCUT2D eigenvalue weighted by molar-refractivity contribution is 0.589. The molecular weight excluding hydrogens is 408 g/mol. The van der Waals surface area contributed by atoms with Crippen LogP contribution in [0.2, 0.25) is 0 Å². The van der Waals surface area contributed by atoms with E-state index >= 15 is 0 Å². The van der Waals surface area contributed by atoms with Gasteiger partial charge in [-0.3, -0.25) is 0 Å². The molecule has 0 aliphatic carbocycles. The molecule has 0 radical (unpaired) electrons. The molecule has 31 heavy (non-hydrogen) atoms. The van der Waals surface area contributed by atoms with Crippen molar-refractivity contribution in [3.63, 3.8) is 0 Å². The molecule has 1 aromatic heterocycles. The van der Waals surface area contributed by atoms with Gasteiger partial charge in [0, 0.05) is 74.0 Å². The quantitative estimate of drug-likeness (QED) is 0.533. The van der Waals surface area contributed by atoms with Crippen LogP contribution < -0.4 is 15.1 Å². The fraction of sp³-hybridized carbons (Fsp3) is 0.250. The zero-order valence-electron chi connectivity index (χ0n) is 17.7. The summed E-state index contributed by atoms with van der Waals surface area (Å²) in [6.07, 6.45) is 1.68. The first kappa shape index (κ1) is 19.9. The van der Waals surface area contributed by atoms with Gasteiger partial charge in [-0.2, -0.15) is 0 Å². The van der Waals surface area contributed by atoms with E-state index in [9.17, 15) is 8.42 Å². The molecule has 1 aliphatic rings. The van der Waals surface area contributed by atoms with Gasteiger partial charge >= 0.3 is 0 Å². The molecule has 0 bridgehead atoms. The molecule has 160 valence electrons. The molecule has 6 nitrogen and oxygen atoms in total. The van der Waals surface area contributed by atoms with Gasteiger partial charge in [-0.1, -0.05) is 30.3 Å². The topological polar surface area (TPSA) is 57.6 Å². The predicted octanol–water partition coefficient (Wildman–Crippen LogP) is 3.51. The summed E-state index contributed by atoms with van der Waals surface area (Å²) in [5.74, 6) is 0. The fourth-order valence-corrected chi connectivity index (χ4v) is 6.06. The van der Waals surface area contributed by atoms with Crippen molar-refractivity contribution in [2.75, 3.05) is 50.1 Å². The van der Waals surface area contributed by atoms with Gasteiger partial charge in [0.05, 0.1) is 10.4 Å². The Labute approximate surface area is 182 Å². The minimum absolute atomic E-state index is 0.318. The van der Waals surface area contributed by atoms with Crippen molar-refractivity contribution in [1.82, 2.24) is 9.29 Å². The number of piperazine rings is 1. The first-order chi connectivity index (χ1) is 15.0. The average molecular weight is 435 g/mol. The number of aromatic nitrogens is 1. The van der Waals surface area contributed by atoms with Crippen molar-refractivity contribution in [1.29, 1.82) is 0 Å². The van der Waals surface area contributed by atoms with E-state index in [4.69, 9.17) is 0 Å². The molecule has 0 amide bonds. The van der Waals surface area contributed by atoms with Gasteiger partial charge in [0.25, 0.3) is 10.0 Å². The summed E-state index contributed by atoms with van der Waals surface area (Å²) in [6.45, 7) is 3.68. The van der Waals surface area contributed by atoms with E-state index in [-0.39, 0.29) is 0 Å². The lowest BCUT2D eigenvalue weighted by Crippen LogP contribution is -2.43. The molecule has 0 unspecified atom stereocenters. The second-order valence-electron chi connectivity index (χ2n) is 8.09. The monoisotopic (exact) mass is 434 g/mol. The van der Waals surface area contributed by atoms with Crippen LogP contribution in [0.15, 0.2) is 71.8 Å². The molecular formula is C24H26N4O2S. The van der Waals surface area contributed by atoms with Crippen molar-refractivity contribution in [3.8, 4) is 0 Å². The molecule has 0 saturated carbocycles. The van der Waals surface area contributed by atoms with Gasteiger partial charge in [0.2, 0.25) is 0 Å². The molecule has 1 aliphatic heterocycles. The van der Waals surface area contributed by atoms with E-state index < -0.39 is 10.0 Å². The van der Waals surface area contributed by atoms with E-state index in [0.29, 0.717) is 10.4 Å². The maximum absolute atomic E-state index is 13.8. The summed E-state index contributed by atoms with van der Waals surface area (Å²) in [5, 5.41) is 5.98. The highest BCUT2D eigenvalue weighted by atomic mass is 32.2. The lowest BCUT2D eigenvalue weighted by atomic mass is 10.1. The first-order valence-electron chi connectivity index (χ1n) is 10.5. The van der Waals surface area contributed by atoms with E-state index in [1.54, 1.807) is 12.3 Å². The van der Waals surface area contributed by atoms with Gasteiger partial charge < -0.3 is 15.1 Å². The maximum atomic E-state index is 13.8. The molecule has 4 aromatic rings. The van der Waals surface area contributed by atoms with E-state index in [1.165, 1.54) is 3.97 Å². The number of nitrogens with zero attached hydrogens (tertiary/aromatic N) is 3. The SMILES string of the molecule is CN(C)c1cccc2c(S(=O)(=O)n3ccc4c(N5CCNCC5)cccc43)cccc12. The number of nitrogens with one attached hydrogen (secondary N) is 1. The molecule has 2 heterocycles. The Bertz CT molecular complexity index is 1370. The third kappa shape index (κ3) is 3.25. The summed E-state index contributed by atoms with van der Waals surface area (Å²) in [6, 6.07) is 19.1. The highest BCUT2D eigenvalue weighted by Crippen LogP contribution is 2.34. The van der Waals surface area contributed by atoms with Gasteiger partial charge in [-0.25, -0.2) is 12.4 Å². The predicted molar refractivity (Wildman–Crippen MR) is 128 cm³/mol. The minimum Gasteiger partial charge on any atom is -0.377 e. The molecule has 1 fully saturated rings. The van der Waals surface area contributed by atoms with Crippen LogP contribution in [0.5, 0.6) is 0 Å². The zero-order chi connectivity index (χ0) is 21.6. The van der Waals surface area contributed by atoms with E-state index in [2.05, 4.69) is 16.3 Å². The van der Waals surface area contributed by atoms with Crippen LogP contribution in [0.3, 0.4) is 0 Å². The summed E-state index contributed by atoms with van der Waals surface area (Å²) in [7, 11) is 0.159. The summed E-state index contributed by atoms with van der Waals surface area (Å²) >= 11 is 0. The summed E-state index contributed by atoms with van der Waals surface area (Å²) in [4.78, 5) is 4.64. The van der Waals surface area contributed by atoms with Crippen LogP contribution in [0, 0.1) is 0 Å². The number of hydrogen-bond acceptors (Lipinski definition) is 5. The summed E-state index contributed by atoms with van der Waals surface area (Å²) in [5.41, 5.74) is 2.78. The second kappa shape index (κ2) is 7.59. The molecule has 0 atom stereocenters. The molecule has 3 aromatic carbocycles. The Hall–Kier alpha value is -3.03. The average Bonchev–Trinajstić information content (AvgIpc) is 3.24. The van der Waals surface area contributed by atoms with Crippen LogP contribution in [0.4, 0.5) is 11.4 Å². The van der Waals surface area contributed by atoms with Crippen molar-refractivity contribution in [2.24, 2.45) is 0 Å². The highest BCUT2D eigenvalue weighted by Gasteiger charge is 2.23. The third-order valence-corrected chi connectivity index (χ3v) is 7.76. The maximum Gasteiger partial charge on any atom is 0.268 e. The first-order valence-corrected chi connectivity index (χ1v) is 11.9. The van der Waals surface area contributed by atoms with Crippen LogP contribution in [-0.2, 0) is 10.0 Å². The number of fused-ring (bicyclic) bond motifs is 2. The number of anilines is 2. The van der Waals surface area contributed by atoms with Crippen molar-refractivity contribution in [2.45, 2.75) is 4.90 Å². The molecule has 0 spiro atoms. The van der Waals surface area contributed by atoms with E-state index in [0.717, 1.165) is 53.7 Å². The van der Waals surface area contributed by atoms with Crippen LogP contribution in [0.25, 0.3) is 21.7 Å². The van der Waals surface area contributed by atoms with Gasteiger partial charge in [-0.05, 0) is 30.3 Å². The fourth-order valence-electron chi connectivity index (χ4n) is 4.50. The Balaban J connectivity index is 1.68. The van der Waals surface area contributed by atoms with Gasteiger partial charge in [-0.15, -0.1) is 0 Å². The minimum atomic E-state index is -3.77. The third-order valence-electron chi connectivity index (χ3n) is 6.01. The van der Waals surface area contributed by atoms with Crippen LogP contribution >= 0.6 is 0 Å². The lowest BCUT2D eigenvalue weighted by Gasteiger charge is -2.30. The zero-order valence-corrected chi connectivity index (χ0v) is 18.6. The molecule has 5 rings (SSSR count). The van der Waals surface area contributed by atoms with Gasteiger partial charge in [0.1, 0.15) is 0 Å². The Morgan fingerprint density at radius 2 is 1.55 bits per heavy atom. The molecule has 7 heteroatoms. The normalized spacial score (nSPS) is 15.0. The van der Waals surface area contributed by atoms with Crippen LogP contribution in [-0.4, -0.2) is 52.7 Å². The van der Waals surface area contributed by atoms with Gasteiger partial charge in [0.15, 0.2) is 0 Å². The van der Waals surface area contributed by atoms with Crippen molar-refractivity contribution < 1.29 is 8.42 Å². The van der Waals surface area contributed by atoms with Crippen molar-refractivity contribution in [3.05, 3.63) is 66.9 Å². The summed E-state index contributed by atoms with van der Waals surface area (Å²) < 4.78 is 29.1. The molecule has 1 saturated heterocycles. The molecule has 1 N–H and O–H groups in total. The highest BCUT2D eigenvalue weighted by molar-refractivity contribution is 7.90. The number of benzene rings is 3. The Kier molecular flexibility index (Phi) is 4.87. The smallest absolute Gasteiger partial charge is 0.268 e. The standard InChI is InChI=1S/C24H26N4O2S/c1-26(2)21-8-3-7-19-18(21)6-4-11-24(19)31(29,30)28-15-12-20-22(9-5-10-23(20)28)27-16-13-25-14-17-27/h3-12,15,25H,13-14,16-17H2,1-2H3. The number of hydrogen-bond donors (Lipinski definition) is 1. The largest absolute Gasteiger partial charge is 0.377 e. The van der Waals surface area contributed by atoms with Crippen LogP contribution in [0.1, 0.15) is 0 Å². The Morgan fingerprint density at radius 1 is 0.839 bits per heavy atom. The van der Waals surface area contributed by atoms with Crippen molar-refractivity contribution >= 4 is 43.1 Å². The number of rotatable bonds is 4. The Morgan fingerprint density at radius 3 is 2.32 bits per heavy atom. The second-order valence-corrected chi connectivity index (χ2v) is 9.87.